The second-order valence-electron chi connectivity index (χ2n) is 5.42. The summed E-state index contributed by atoms with van der Waals surface area (Å²) in [4.78, 5) is 0. The first kappa shape index (κ1) is 15.8. The molecule has 2 aromatic rings. The average Bonchev–Trinajstić information content (AvgIpc) is 2.71. The summed E-state index contributed by atoms with van der Waals surface area (Å²) in [6, 6.07) is 13.8. The van der Waals surface area contributed by atoms with Crippen LogP contribution < -0.4 is 9.44 Å². The zero-order valence-electron chi connectivity index (χ0n) is 11.7. The van der Waals surface area contributed by atoms with Crippen LogP contribution in [0.1, 0.15) is 24.1 Å². The van der Waals surface area contributed by atoms with Crippen molar-refractivity contribution in [3.63, 3.8) is 0 Å². The summed E-state index contributed by atoms with van der Waals surface area (Å²) in [7, 11) is -3.59. The molecule has 7 heteroatoms. The van der Waals surface area contributed by atoms with Crippen LogP contribution in [-0.2, 0) is 15.7 Å². The molecule has 1 fully saturated rings. The second kappa shape index (κ2) is 5.51. The molecule has 1 heterocycles. The lowest BCUT2D eigenvalue weighted by Crippen LogP contribution is -2.39. The normalized spacial score (nSPS) is 27.0. The predicted molar refractivity (Wildman–Crippen MR) is 88.2 cm³/mol. The third-order valence-corrected chi connectivity index (χ3v) is 5.59. The lowest BCUT2D eigenvalue weighted by atomic mass is 9.82. The SMILES string of the molecule is C[C@@]1(c2ccc(Cl)cc2)NS(=O)(=O)N[C@@H]1c1ccc(Cl)cc1. The average molecular weight is 357 g/mol. The van der Waals surface area contributed by atoms with Crippen LogP contribution in [0.4, 0.5) is 0 Å². The van der Waals surface area contributed by atoms with Crippen LogP contribution in [0.25, 0.3) is 0 Å². The minimum Gasteiger partial charge on any atom is -0.195 e. The second-order valence-corrected chi connectivity index (χ2v) is 7.74. The predicted octanol–water partition coefficient (Wildman–Crippen LogP) is 3.39. The van der Waals surface area contributed by atoms with Gasteiger partial charge in [0.1, 0.15) is 0 Å². The lowest BCUT2D eigenvalue weighted by molar-refractivity contribution is 0.379. The third kappa shape index (κ3) is 2.87. The highest BCUT2D eigenvalue weighted by atomic mass is 35.5. The van der Waals surface area contributed by atoms with Gasteiger partial charge in [-0.15, -0.1) is 0 Å². The fraction of sp³-hybridized carbons (Fsp3) is 0.200. The Kier molecular flexibility index (Phi) is 3.95. The van der Waals surface area contributed by atoms with Crippen LogP contribution in [-0.4, -0.2) is 8.42 Å². The highest BCUT2D eigenvalue weighted by Crippen LogP contribution is 2.40. The fourth-order valence-corrected chi connectivity index (χ4v) is 4.51. The Morgan fingerprint density at radius 3 is 2.00 bits per heavy atom. The molecule has 0 radical (unpaired) electrons. The molecule has 0 aliphatic carbocycles. The van der Waals surface area contributed by atoms with Gasteiger partial charge in [-0.25, -0.2) is 0 Å². The van der Waals surface area contributed by atoms with Crippen molar-refractivity contribution in [3.8, 4) is 0 Å². The number of hydrogen-bond acceptors (Lipinski definition) is 2. The van der Waals surface area contributed by atoms with Gasteiger partial charge in [0.25, 0.3) is 10.2 Å². The van der Waals surface area contributed by atoms with Crippen molar-refractivity contribution in [2.75, 3.05) is 0 Å². The van der Waals surface area contributed by atoms with Gasteiger partial charge < -0.3 is 0 Å². The summed E-state index contributed by atoms with van der Waals surface area (Å²) in [5.41, 5.74) is 0.831. The van der Waals surface area contributed by atoms with Gasteiger partial charge in [-0.3, -0.25) is 0 Å². The molecule has 0 bridgehead atoms. The Hall–Kier alpha value is -1.11. The quantitative estimate of drug-likeness (QED) is 0.866. The maximum Gasteiger partial charge on any atom is 0.278 e. The molecule has 1 saturated heterocycles. The van der Waals surface area contributed by atoms with E-state index in [1.165, 1.54) is 0 Å². The van der Waals surface area contributed by atoms with Gasteiger partial charge in [0, 0.05) is 10.0 Å². The van der Waals surface area contributed by atoms with Crippen molar-refractivity contribution in [3.05, 3.63) is 69.7 Å². The van der Waals surface area contributed by atoms with Gasteiger partial charge in [0.2, 0.25) is 0 Å². The van der Waals surface area contributed by atoms with Crippen LogP contribution in [0.5, 0.6) is 0 Å². The molecule has 116 valence electrons. The number of hydrogen-bond donors (Lipinski definition) is 2. The van der Waals surface area contributed by atoms with Crippen molar-refractivity contribution >= 4 is 33.4 Å². The summed E-state index contributed by atoms with van der Waals surface area (Å²) >= 11 is 11.8. The smallest absolute Gasteiger partial charge is 0.195 e. The summed E-state index contributed by atoms with van der Waals surface area (Å²) in [6.45, 7) is 1.84. The van der Waals surface area contributed by atoms with Crippen LogP contribution in [0.3, 0.4) is 0 Å². The molecule has 0 amide bonds. The molecule has 0 saturated carbocycles. The Balaban J connectivity index is 2.10. The van der Waals surface area contributed by atoms with E-state index in [4.69, 9.17) is 23.2 Å². The molecule has 0 unspecified atom stereocenters. The van der Waals surface area contributed by atoms with Crippen LogP contribution >= 0.6 is 23.2 Å². The van der Waals surface area contributed by atoms with Gasteiger partial charge in [0.15, 0.2) is 0 Å². The van der Waals surface area contributed by atoms with E-state index in [0.29, 0.717) is 10.0 Å². The van der Waals surface area contributed by atoms with Crippen LogP contribution in [0.2, 0.25) is 10.0 Å². The Bertz CT molecular complexity index is 791. The first-order chi connectivity index (χ1) is 10.3. The van der Waals surface area contributed by atoms with Gasteiger partial charge in [-0.05, 0) is 42.3 Å². The van der Waals surface area contributed by atoms with E-state index in [1.807, 2.05) is 31.2 Å². The van der Waals surface area contributed by atoms with Crippen LogP contribution in [0, 0.1) is 0 Å². The van der Waals surface area contributed by atoms with E-state index in [-0.39, 0.29) is 0 Å². The number of rotatable bonds is 2. The number of nitrogens with one attached hydrogen (secondary N) is 2. The van der Waals surface area contributed by atoms with Crippen molar-refractivity contribution in [1.29, 1.82) is 0 Å². The van der Waals surface area contributed by atoms with Crippen molar-refractivity contribution in [2.45, 2.75) is 18.5 Å². The monoisotopic (exact) mass is 356 g/mol. The van der Waals surface area contributed by atoms with Gasteiger partial charge in [0.05, 0.1) is 11.6 Å². The van der Waals surface area contributed by atoms with E-state index in [2.05, 4.69) is 9.44 Å². The first-order valence-corrected chi connectivity index (χ1v) is 8.87. The topological polar surface area (TPSA) is 58.2 Å². The molecular weight excluding hydrogens is 343 g/mol. The van der Waals surface area contributed by atoms with Crippen molar-refractivity contribution in [2.24, 2.45) is 0 Å². The van der Waals surface area contributed by atoms with Gasteiger partial charge >= 0.3 is 0 Å². The summed E-state index contributed by atoms with van der Waals surface area (Å²) in [5, 5.41) is 1.20. The Morgan fingerprint density at radius 1 is 0.955 bits per heavy atom. The molecule has 1 aliphatic heterocycles. The standard InChI is InChI=1S/C15H14Cl2N2O2S/c1-15(11-4-8-13(17)9-5-11)14(18-22(20,21)19-15)10-2-6-12(16)7-3-10/h2-9,14,18-19H,1H3/t14-,15+/m1/s1. The molecular formula is C15H14Cl2N2O2S. The summed E-state index contributed by atoms with van der Waals surface area (Å²) < 4.78 is 29.5. The number of benzene rings is 2. The van der Waals surface area contributed by atoms with E-state index in [1.54, 1.807) is 24.3 Å². The molecule has 3 rings (SSSR count). The van der Waals surface area contributed by atoms with Crippen molar-refractivity contribution in [1.82, 2.24) is 9.44 Å². The zero-order chi connectivity index (χ0) is 16.0. The van der Waals surface area contributed by atoms with E-state index < -0.39 is 21.8 Å². The molecule has 2 aromatic carbocycles. The molecule has 0 aromatic heterocycles. The molecule has 4 nitrogen and oxygen atoms in total. The van der Waals surface area contributed by atoms with Crippen molar-refractivity contribution < 1.29 is 8.42 Å². The lowest BCUT2D eigenvalue weighted by Gasteiger charge is -2.30. The highest BCUT2D eigenvalue weighted by Gasteiger charge is 2.48. The molecule has 2 atom stereocenters. The largest absolute Gasteiger partial charge is 0.278 e. The van der Waals surface area contributed by atoms with Crippen LogP contribution in [0.15, 0.2) is 48.5 Å². The third-order valence-electron chi connectivity index (χ3n) is 3.84. The Morgan fingerprint density at radius 2 is 1.45 bits per heavy atom. The van der Waals surface area contributed by atoms with E-state index in [0.717, 1.165) is 11.1 Å². The van der Waals surface area contributed by atoms with Gasteiger partial charge in [-0.2, -0.15) is 17.9 Å². The maximum absolute atomic E-state index is 12.1. The first-order valence-electron chi connectivity index (χ1n) is 6.63. The summed E-state index contributed by atoms with van der Waals surface area (Å²) in [5.74, 6) is 0. The Labute approximate surface area is 139 Å². The molecule has 1 aliphatic rings. The molecule has 22 heavy (non-hydrogen) atoms. The zero-order valence-corrected chi connectivity index (χ0v) is 14.0. The minimum absolute atomic E-state index is 0.448. The van der Waals surface area contributed by atoms with Gasteiger partial charge in [-0.1, -0.05) is 47.5 Å². The fourth-order valence-electron chi connectivity index (χ4n) is 2.72. The molecule has 0 spiro atoms. The molecule has 2 N–H and O–H groups in total. The maximum atomic E-state index is 12.1. The van der Waals surface area contributed by atoms with E-state index >= 15 is 0 Å². The van der Waals surface area contributed by atoms with E-state index in [9.17, 15) is 8.42 Å². The highest BCUT2D eigenvalue weighted by molar-refractivity contribution is 7.87. The summed E-state index contributed by atoms with van der Waals surface area (Å²) in [6.07, 6.45) is 0. The number of halogens is 2. The minimum atomic E-state index is -3.59.